The van der Waals surface area contributed by atoms with Gasteiger partial charge in [0.2, 0.25) is 0 Å². The third kappa shape index (κ3) is 1.68. The van der Waals surface area contributed by atoms with Crippen LogP contribution in [0.3, 0.4) is 0 Å². The Bertz CT molecular complexity index is 732. The van der Waals surface area contributed by atoms with Gasteiger partial charge in [0.15, 0.2) is 0 Å². The number of halogens is 3. The third-order valence-electron chi connectivity index (χ3n) is 2.86. The van der Waals surface area contributed by atoms with Crippen LogP contribution in [-0.4, -0.2) is 0 Å². The Kier molecular flexibility index (Phi) is 2.67. The van der Waals surface area contributed by atoms with Crippen LogP contribution in [0.4, 0.5) is 0 Å². The van der Waals surface area contributed by atoms with Gasteiger partial charge in [0.05, 0.1) is 10.0 Å². The molecule has 0 saturated carbocycles. The lowest BCUT2D eigenvalue weighted by atomic mass is 10.0. The van der Waals surface area contributed by atoms with Gasteiger partial charge in [0, 0.05) is 15.8 Å². The first kappa shape index (κ1) is 11.2. The lowest BCUT2D eigenvalue weighted by Gasteiger charge is -2.08. The molecular formula is C14H7Cl3. The lowest BCUT2D eigenvalue weighted by molar-refractivity contribution is 1.76. The van der Waals surface area contributed by atoms with Crippen molar-refractivity contribution in [2.24, 2.45) is 0 Å². The Hall–Kier alpha value is -0.950. The highest BCUT2D eigenvalue weighted by Crippen LogP contribution is 2.39. The summed E-state index contributed by atoms with van der Waals surface area (Å²) >= 11 is 18.6. The van der Waals surface area contributed by atoms with E-state index in [1.54, 1.807) is 6.07 Å². The molecule has 0 amide bonds. The highest BCUT2D eigenvalue weighted by atomic mass is 35.5. The Morgan fingerprint density at radius 2 is 1.47 bits per heavy atom. The van der Waals surface area contributed by atoms with E-state index in [0.717, 1.165) is 21.5 Å². The predicted molar refractivity (Wildman–Crippen MR) is 76.5 cm³/mol. The van der Waals surface area contributed by atoms with E-state index >= 15 is 0 Å². The Morgan fingerprint density at radius 3 is 2.29 bits per heavy atom. The molecule has 84 valence electrons. The van der Waals surface area contributed by atoms with Crippen LogP contribution in [0.2, 0.25) is 15.1 Å². The van der Waals surface area contributed by atoms with Crippen molar-refractivity contribution < 1.29 is 0 Å². The van der Waals surface area contributed by atoms with E-state index in [2.05, 4.69) is 0 Å². The zero-order valence-corrected chi connectivity index (χ0v) is 10.9. The number of rotatable bonds is 0. The Balaban J connectivity index is 2.67. The van der Waals surface area contributed by atoms with Crippen LogP contribution in [0, 0.1) is 0 Å². The maximum Gasteiger partial charge on any atom is 0.0677 e. The molecule has 0 atom stereocenters. The van der Waals surface area contributed by atoms with Crippen LogP contribution in [-0.2, 0) is 0 Å². The van der Waals surface area contributed by atoms with Crippen LogP contribution in [0.5, 0.6) is 0 Å². The van der Waals surface area contributed by atoms with Gasteiger partial charge < -0.3 is 0 Å². The maximum atomic E-state index is 6.29. The fraction of sp³-hybridized carbons (Fsp3) is 0. The van der Waals surface area contributed by atoms with Crippen molar-refractivity contribution >= 4 is 56.3 Å². The minimum Gasteiger partial charge on any atom is -0.0836 e. The summed E-state index contributed by atoms with van der Waals surface area (Å²) in [5, 5.41) is 5.78. The normalized spacial score (nSPS) is 11.2. The van der Waals surface area contributed by atoms with Crippen molar-refractivity contribution in [1.29, 1.82) is 0 Å². The predicted octanol–water partition coefficient (Wildman–Crippen LogP) is 5.95. The van der Waals surface area contributed by atoms with Crippen LogP contribution >= 0.6 is 34.8 Å². The zero-order chi connectivity index (χ0) is 12.0. The van der Waals surface area contributed by atoms with E-state index in [4.69, 9.17) is 34.8 Å². The van der Waals surface area contributed by atoms with Crippen molar-refractivity contribution in [2.75, 3.05) is 0 Å². The second-order valence-electron chi connectivity index (χ2n) is 3.86. The molecular weight excluding hydrogens is 275 g/mol. The fourth-order valence-electron chi connectivity index (χ4n) is 2.08. The second kappa shape index (κ2) is 4.06. The zero-order valence-electron chi connectivity index (χ0n) is 8.68. The molecule has 0 aliphatic heterocycles. The van der Waals surface area contributed by atoms with Crippen molar-refractivity contribution in [3.63, 3.8) is 0 Å². The molecule has 0 aliphatic carbocycles. The van der Waals surface area contributed by atoms with Crippen molar-refractivity contribution in [3.05, 3.63) is 57.5 Å². The summed E-state index contributed by atoms with van der Waals surface area (Å²) in [6.45, 7) is 0. The maximum absolute atomic E-state index is 6.29. The van der Waals surface area contributed by atoms with E-state index in [1.165, 1.54) is 0 Å². The highest BCUT2D eigenvalue weighted by Gasteiger charge is 2.10. The summed E-state index contributed by atoms with van der Waals surface area (Å²) < 4.78 is 0. The summed E-state index contributed by atoms with van der Waals surface area (Å²) in [5.74, 6) is 0. The molecule has 0 unspecified atom stereocenters. The summed E-state index contributed by atoms with van der Waals surface area (Å²) in [6.07, 6.45) is 0. The fourth-order valence-corrected chi connectivity index (χ4v) is 2.78. The molecule has 3 heteroatoms. The molecule has 0 saturated heterocycles. The van der Waals surface area contributed by atoms with Crippen LogP contribution in [0.25, 0.3) is 21.5 Å². The van der Waals surface area contributed by atoms with Crippen molar-refractivity contribution in [1.82, 2.24) is 0 Å². The standard InChI is InChI=1S/C14H7Cl3/c15-11-6-5-10-12(16)7-8-3-1-2-4-9(8)13(10)14(11)17/h1-7H. The highest BCUT2D eigenvalue weighted by molar-refractivity contribution is 6.48. The molecule has 0 nitrogen and oxygen atoms in total. The van der Waals surface area contributed by atoms with Gasteiger partial charge in [-0.3, -0.25) is 0 Å². The van der Waals surface area contributed by atoms with E-state index in [0.29, 0.717) is 15.1 Å². The first-order valence-electron chi connectivity index (χ1n) is 5.13. The quantitative estimate of drug-likeness (QED) is 0.446. The van der Waals surface area contributed by atoms with Gasteiger partial charge in [-0.25, -0.2) is 0 Å². The van der Waals surface area contributed by atoms with Gasteiger partial charge in [-0.15, -0.1) is 0 Å². The first-order valence-corrected chi connectivity index (χ1v) is 6.27. The summed E-state index contributed by atoms with van der Waals surface area (Å²) in [4.78, 5) is 0. The van der Waals surface area contributed by atoms with Gasteiger partial charge >= 0.3 is 0 Å². The molecule has 0 aliphatic rings. The Morgan fingerprint density at radius 1 is 0.706 bits per heavy atom. The van der Waals surface area contributed by atoms with Gasteiger partial charge in [-0.05, 0) is 22.9 Å². The summed E-state index contributed by atoms with van der Waals surface area (Å²) in [7, 11) is 0. The molecule has 0 fully saturated rings. The van der Waals surface area contributed by atoms with Crippen molar-refractivity contribution in [3.8, 4) is 0 Å². The van der Waals surface area contributed by atoms with Crippen molar-refractivity contribution in [2.45, 2.75) is 0 Å². The average Bonchev–Trinajstić information content (AvgIpc) is 2.33. The van der Waals surface area contributed by atoms with Crippen LogP contribution < -0.4 is 0 Å². The SMILES string of the molecule is Clc1ccc2c(Cl)cc3ccccc3c2c1Cl. The minimum absolute atomic E-state index is 0.548. The summed E-state index contributed by atoms with van der Waals surface area (Å²) in [5.41, 5.74) is 0. The number of hydrogen-bond donors (Lipinski definition) is 0. The van der Waals surface area contributed by atoms with E-state index in [-0.39, 0.29) is 0 Å². The number of hydrogen-bond acceptors (Lipinski definition) is 0. The van der Waals surface area contributed by atoms with Gasteiger partial charge in [-0.1, -0.05) is 65.1 Å². The molecule has 0 aromatic heterocycles. The number of benzene rings is 3. The summed E-state index contributed by atoms with van der Waals surface area (Å²) in [6, 6.07) is 13.6. The topological polar surface area (TPSA) is 0 Å². The molecule has 0 N–H and O–H groups in total. The molecule has 0 bridgehead atoms. The molecule has 3 aromatic rings. The average molecular weight is 282 g/mol. The molecule has 0 radical (unpaired) electrons. The molecule has 3 aromatic carbocycles. The van der Waals surface area contributed by atoms with Crippen LogP contribution in [0.1, 0.15) is 0 Å². The van der Waals surface area contributed by atoms with Crippen LogP contribution in [0.15, 0.2) is 42.5 Å². The van der Waals surface area contributed by atoms with E-state index in [9.17, 15) is 0 Å². The largest absolute Gasteiger partial charge is 0.0836 e. The molecule has 17 heavy (non-hydrogen) atoms. The first-order chi connectivity index (χ1) is 8.18. The number of fused-ring (bicyclic) bond motifs is 3. The lowest BCUT2D eigenvalue weighted by Crippen LogP contribution is -1.81. The molecule has 0 spiro atoms. The van der Waals surface area contributed by atoms with E-state index < -0.39 is 0 Å². The smallest absolute Gasteiger partial charge is 0.0677 e. The molecule has 3 rings (SSSR count). The third-order valence-corrected chi connectivity index (χ3v) is 3.98. The van der Waals surface area contributed by atoms with E-state index in [1.807, 2.05) is 36.4 Å². The Labute approximate surface area is 114 Å². The monoisotopic (exact) mass is 280 g/mol. The van der Waals surface area contributed by atoms with Gasteiger partial charge in [-0.2, -0.15) is 0 Å². The van der Waals surface area contributed by atoms with Gasteiger partial charge in [0.25, 0.3) is 0 Å². The minimum atomic E-state index is 0.548. The van der Waals surface area contributed by atoms with Gasteiger partial charge in [0.1, 0.15) is 0 Å². The molecule has 0 heterocycles. The second-order valence-corrected chi connectivity index (χ2v) is 5.06.